The molecule has 0 bridgehead atoms. The Bertz CT molecular complexity index is 102. The maximum atomic E-state index is 3.60. The maximum absolute atomic E-state index is 3.60. The van der Waals surface area contributed by atoms with E-state index in [-0.39, 0.29) is 0 Å². The lowest BCUT2D eigenvalue weighted by atomic mass is 10.1. The van der Waals surface area contributed by atoms with Crippen molar-refractivity contribution >= 4 is 0 Å². The smallest absolute Gasteiger partial charge is 0.0193 e. The van der Waals surface area contributed by atoms with Gasteiger partial charge in [-0.2, -0.15) is 0 Å². The molecule has 2 heteroatoms. The van der Waals surface area contributed by atoms with Crippen molar-refractivity contribution in [1.82, 2.24) is 10.6 Å². The first-order valence-corrected chi connectivity index (χ1v) is 5.33. The molecule has 1 heterocycles. The van der Waals surface area contributed by atoms with E-state index in [4.69, 9.17) is 0 Å². The van der Waals surface area contributed by atoms with Gasteiger partial charge < -0.3 is 10.6 Å². The summed E-state index contributed by atoms with van der Waals surface area (Å²) in [4.78, 5) is 0. The fraction of sp³-hybridized carbons (Fsp3) is 1.00. The Labute approximate surface area is 76.1 Å². The normalized spacial score (nSPS) is 23.8. The van der Waals surface area contributed by atoms with Crippen LogP contribution in [0.15, 0.2) is 0 Å². The molecule has 0 spiro atoms. The van der Waals surface area contributed by atoms with Gasteiger partial charge in [-0.1, -0.05) is 13.8 Å². The molecule has 1 atom stereocenters. The molecule has 0 aliphatic carbocycles. The molecule has 0 amide bonds. The third-order valence-electron chi connectivity index (χ3n) is 2.80. The fourth-order valence-electron chi connectivity index (χ4n) is 1.82. The molecule has 0 radical (unpaired) electrons. The van der Waals surface area contributed by atoms with E-state index >= 15 is 0 Å². The lowest BCUT2D eigenvalue weighted by Gasteiger charge is -2.18. The molecule has 0 aromatic carbocycles. The van der Waals surface area contributed by atoms with Crippen LogP contribution in [0.5, 0.6) is 0 Å². The first kappa shape index (κ1) is 10.0. The number of hydrogen-bond acceptors (Lipinski definition) is 2. The molecule has 0 aromatic rings. The molecule has 2 nitrogen and oxygen atoms in total. The minimum Gasteiger partial charge on any atom is -0.313 e. The molecule has 0 saturated carbocycles. The Balaban J connectivity index is 2.06. The molecular formula is C10H22N2. The van der Waals surface area contributed by atoms with Gasteiger partial charge in [0.15, 0.2) is 0 Å². The van der Waals surface area contributed by atoms with Crippen LogP contribution < -0.4 is 10.6 Å². The van der Waals surface area contributed by atoms with Gasteiger partial charge in [-0.25, -0.2) is 0 Å². The summed E-state index contributed by atoms with van der Waals surface area (Å²) >= 11 is 0. The second kappa shape index (κ2) is 5.55. The lowest BCUT2D eigenvalue weighted by molar-refractivity contribution is 0.442. The lowest BCUT2D eigenvalue weighted by Crippen LogP contribution is -2.39. The van der Waals surface area contributed by atoms with E-state index in [1.54, 1.807) is 0 Å². The Morgan fingerprint density at radius 2 is 2.17 bits per heavy atom. The summed E-state index contributed by atoms with van der Waals surface area (Å²) in [7, 11) is 0. The van der Waals surface area contributed by atoms with Gasteiger partial charge in [0.2, 0.25) is 0 Å². The van der Waals surface area contributed by atoms with Crippen molar-refractivity contribution in [2.24, 2.45) is 0 Å². The van der Waals surface area contributed by atoms with Gasteiger partial charge in [0.25, 0.3) is 0 Å². The average Bonchev–Trinajstić information content (AvgIpc) is 2.59. The van der Waals surface area contributed by atoms with E-state index in [0.717, 1.165) is 18.6 Å². The van der Waals surface area contributed by atoms with Gasteiger partial charge in [0.05, 0.1) is 0 Å². The van der Waals surface area contributed by atoms with Gasteiger partial charge in [0.1, 0.15) is 0 Å². The molecule has 1 aliphatic rings. The number of hydrogen-bond donors (Lipinski definition) is 2. The summed E-state index contributed by atoms with van der Waals surface area (Å²) in [6.45, 7) is 6.88. The topological polar surface area (TPSA) is 24.1 Å². The molecule has 2 N–H and O–H groups in total. The second-order valence-electron chi connectivity index (χ2n) is 3.71. The molecule has 1 saturated heterocycles. The van der Waals surface area contributed by atoms with Gasteiger partial charge >= 0.3 is 0 Å². The predicted octanol–water partition coefficient (Wildman–Crippen LogP) is 1.52. The predicted molar refractivity (Wildman–Crippen MR) is 53.4 cm³/mol. The van der Waals surface area contributed by atoms with Crippen molar-refractivity contribution in [3.8, 4) is 0 Å². The van der Waals surface area contributed by atoms with E-state index < -0.39 is 0 Å². The Morgan fingerprint density at radius 1 is 1.42 bits per heavy atom. The SMILES string of the molecule is CCC(CC)NCC1CCCN1. The molecule has 72 valence electrons. The highest BCUT2D eigenvalue weighted by Gasteiger charge is 2.14. The second-order valence-corrected chi connectivity index (χ2v) is 3.71. The van der Waals surface area contributed by atoms with Crippen LogP contribution in [0.3, 0.4) is 0 Å². The standard InChI is InChI=1S/C10H22N2/c1-3-9(4-2)12-8-10-6-5-7-11-10/h9-12H,3-8H2,1-2H3. The van der Waals surface area contributed by atoms with Crippen LogP contribution in [-0.4, -0.2) is 25.2 Å². The first-order valence-electron chi connectivity index (χ1n) is 5.33. The van der Waals surface area contributed by atoms with Crippen molar-refractivity contribution in [3.63, 3.8) is 0 Å². The maximum Gasteiger partial charge on any atom is 0.0193 e. The Kier molecular flexibility index (Phi) is 4.62. The third-order valence-corrected chi connectivity index (χ3v) is 2.80. The van der Waals surface area contributed by atoms with Crippen LogP contribution >= 0.6 is 0 Å². The Hall–Kier alpha value is -0.0800. The first-order chi connectivity index (χ1) is 5.86. The molecule has 1 fully saturated rings. The van der Waals surface area contributed by atoms with E-state index in [2.05, 4.69) is 24.5 Å². The van der Waals surface area contributed by atoms with Gasteiger partial charge in [-0.3, -0.25) is 0 Å². The van der Waals surface area contributed by atoms with Crippen molar-refractivity contribution in [2.45, 2.75) is 51.6 Å². The minimum atomic E-state index is 0.729. The van der Waals surface area contributed by atoms with E-state index in [1.807, 2.05) is 0 Å². The molecule has 1 rings (SSSR count). The van der Waals surface area contributed by atoms with Crippen molar-refractivity contribution in [2.75, 3.05) is 13.1 Å². The van der Waals surface area contributed by atoms with Crippen LogP contribution in [0.25, 0.3) is 0 Å². The van der Waals surface area contributed by atoms with Crippen molar-refractivity contribution in [1.29, 1.82) is 0 Å². The van der Waals surface area contributed by atoms with Crippen molar-refractivity contribution < 1.29 is 0 Å². The highest BCUT2D eigenvalue weighted by molar-refractivity contribution is 4.77. The van der Waals surface area contributed by atoms with Crippen LogP contribution in [-0.2, 0) is 0 Å². The summed E-state index contributed by atoms with van der Waals surface area (Å²) in [5.74, 6) is 0. The Morgan fingerprint density at radius 3 is 2.67 bits per heavy atom. The quantitative estimate of drug-likeness (QED) is 0.653. The van der Waals surface area contributed by atoms with Crippen LogP contribution in [0.1, 0.15) is 39.5 Å². The minimum absolute atomic E-state index is 0.729. The molecular weight excluding hydrogens is 148 g/mol. The molecule has 0 aromatic heterocycles. The highest BCUT2D eigenvalue weighted by Crippen LogP contribution is 2.04. The molecule has 12 heavy (non-hydrogen) atoms. The van der Waals surface area contributed by atoms with E-state index in [0.29, 0.717) is 0 Å². The summed E-state index contributed by atoms with van der Waals surface area (Å²) in [5, 5.41) is 7.10. The zero-order valence-electron chi connectivity index (χ0n) is 8.40. The van der Waals surface area contributed by atoms with Gasteiger partial charge in [-0.15, -0.1) is 0 Å². The average molecular weight is 170 g/mol. The zero-order chi connectivity index (χ0) is 8.81. The largest absolute Gasteiger partial charge is 0.313 e. The number of rotatable bonds is 5. The van der Waals surface area contributed by atoms with Crippen LogP contribution in [0, 0.1) is 0 Å². The summed E-state index contributed by atoms with van der Waals surface area (Å²) in [6, 6.07) is 1.47. The highest BCUT2D eigenvalue weighted by atomic mass is 15.0. The number of nitrogens with one attached hydrogen (secondary N) is 2. The monoisotopic (exact) mass is 170 g/mol. The summed E-state index contributed by atoms with van der Waals surface area (Å²) < 4.78 is 0. The van der Waals surface area contributed by atoms with E-state index in [1.165, 1.54) is 32.2 Å². The van der Waals surface area contributed by atoms with Gasteiger partial charge in [-0.05, 0) is 32.2 Å². The summed E-state index contributed by atoms with van der Waals surface area (Å²) in [5.41, 5.74) is 0. The van der Waals surface area contributed by atoms with Crippen molar-refractivity contribution in [3.05, 3.63) is 0 Å². The van der Waals surface area contributed by atoms with Gasteiger partial charge in [0, 0.05) is 18.6 Å². The third kappa shape index (κ3) is 3.11. The zero-order valence-corrected chi connectivity index (χ0v) is 8.40. The van der Waals surface area contributed by atoms with E-state index in [9.17, 15) is 0 Å². The summed E-state index contributed by atoms with van der Waals surface area (Å²) in [6.07, 6.45) is 5.22. The molecule has 1 aliphatic heterocycles. The fourth-order valence-corrected chi connectivity index (χ4v) is 1.82. The molecule has 1 unspecified atom stereocenters. The van der Waals surface area contributed by atoms with Crippen LogP contribution in [0.2, 0.25) is 0 Å². The van der Waals surface area contributed by atoms with Crippen LogP contribution in [0.4, 0.5) is 0 Å².